The molecule has 0 bridgehead atoms. The minimum atomic E-state index is -0.455. The lowest BCUT2D eigenvalue weighted by atomic mass is 10.2. The molecule has 5 rings (SSSR count). The van der Waals surface area contributed by atoms with E-state index in [1.807, 2.05) is 26.0 Å². The van der Waals surface area contributed by atoms with Crippen LogP contribution < -0.4 is 5.56 Å². The van der Waals surface area contributed by atoms with E-state index in [2.05, 4.69) is 15.1 Å². The maximum Gasteiger partial charge on any atom is 0.339 e. The summed E-state index contributed by atoms with van der Waals surface area (Å²) in [4.78, 5) is 35.5. The third kappa shape index (κ3) is 3.86. The van der Waals surface area contributed by atoms with Crippen LogP contribution in [0.2, 0.25) is 0 Å². The van der Waals surface area contributed by atoms with Gasteiger partial charge in [0.15, 0.2) is 0 Å². The number of esters is 1. The summed E-state index contributed by atoms with van der Waals surface area (Å²) in [5.41, 5.74) is 3.32. The van der Waals surface area contributed by atoms with E-state index in [-0.39, 0.29) is 12.2 Å². The molecule has 32 heavy (non-hydrogen) atoms. The van der Waals surface area contributed by atoms with E-state index in [4.69, 9.17) is 9.26 Å². The molecular formula is C23H21N3O4S2. The van der Waals surface area contributed by atoms with Gasteiger partial charge in [-0.2, -0.15) is 0 Å². The Balaban J connectivity index is 1.31. The van der Waals surface area contributed by atoms with Crippen molar-refractivity contribution in [1.82, 2.24) is 15.1 Å². The van der Waals surface area contributed by atoms with Gasteiger partial charge in [0.2, 0.25) is 0 Å². The first-order valence-corrected chi connectivity index (χ1v) is 12.2. The van der Waals surface area contributed by atoms with Gasteiger partial charge in [-0.1, -0.05) is 17.3 Å². The van der Waals surface area contributed by atoms with Gasteiger partial charge in [-0.15, -0.1) is 23.1 Å². The number of carbonyl (C=O) groups is 1. The smallest absolute Gasteiger partial charge is 0.339 e. The Morgan fingerprint density at radius 2 is 2.12 bits per heavy atom. The zero-order valence-electron chi connectivity index (χ0n) is 17.7. The van der Waals surface area contributed by atoms with Crippen LogP contribution in [0.3, 0.4) is 0 Å². The molecule has 0 saturated carbocycles. The molecule has 1 N–H and O–H groups in total. The van der Waals surface area contributed by atoms with Crippen LogP contribution in [0.4, 0.5) is 0 Å². The van der Waals surface area contributed by atoms with Gasteiger partial charge in [0.25, 0.3) is 5.56 Å². The minimum Gasteiger partial charge on any atom is -0.454 e. The number of aromatic nitrogens is 3. The highest BCUT2D eigenvalue weighted by Crippen LogP contribution is 2.34. The number of carbonyl (C=O) groups excluding carboxylic acids is 1. The number of H-pyrrole nitrogens is 1. The molecule has 164 valence electrons. The van der Waals surface area contributed by atoms with E-state index < -0.39 is 5.97 Å². The van der Waals surface area contributed by atoms with Crippen molar-refractivity contribution in [1.29, 1.82) is 0 Å². The van der Waals surface area contributed by atoms with E-state index in [0.29, 0.717) is 22.5 Å². The minimum absolute atomic E-state index is 0.0878. The quantitative estimate of drug-likeness (QED) is 0.323. The first-order valence-electron chi connectivity index (χ1n) is 10.4. The third-order valence-electron chi connectivity index (χ3n) is 5.62. The number of aromatic amines is 1. The van der Waals surface area contributed by atoms with Crippen LogP contribution in [0.25, 0.3) is 10.2 Å². The number of hydrogen-bond acceptors (Lipinski definition) is 8. The highest BCUT2D eigenvalue weighted by Gasteiger charge is 2.22. The fourth-order valence-corrected chi connectivity index (χ4v) is 6.42. The fraction of sp³-hybridized carbons (Fsp3) is 0.304. The number of hydrogen-bond donors (Lipinski definition) is 1. The van der Waals surface area contributed by atoms with Crippen LogP contribution in [-0.4, -0.2) is 21.1 Å². The standard InChI is InChI=1S/C23H21N3O4S2/c1-12-16(13(2)30-26-12)11-31-17-8-4-3-6-15(17)23(28)29-10-19-24-21(27)20-14-7-5-9-18(14)32-22(20)25-19/h3-4,6,8H,5,7,9-11H2,1-2H3,(H,24,25,27). The van der Waals surface area contributed by atoms with Crippen LogP contribution in [0.15, 0.2) is 38.5 Å². The molecule has 0 aliphatic heterocycles. The molecule has 0 fully saturated rings. The second kappa shape index (κ2) is 8.55. The normalized spacial score (nSPS) is 12.9. The van der Waals surface area contributed by atoms with Crippen molar-refractivity contribution >= 4 is 39.3 Å². The van der Waals surface area contributed by atoms with Crippen molar-refractivity contribution in [2.24, 2.45) is 0 Å². The van der Waals surface area contributed by atoms with Crippen LogP contribution >= 0.6 is 23.1 Å². The molecule has 1 aliphatic rings. The molecule has 7 nitrogen and oxygen atoms in total. The summed E-state index contributed by atoms with van der Waals surface area (Å²) < 4.78 is 10.7. The topological polar surface area (TPSA) is 98.1 Å². The molecule has 0 amide bonds. The maximum absolute atomic E-state index is 12.8. The van der Waals surface area contributed by atoms with E-state index >= 15 is 0 Å². The maximum atomic E-state index is 12.8. The summed E-state index contributed by atoms with van der Waals surface area (Å²) in [5.74, 6) is 1.32. The Hall–Kier alpha value is -2.91. The fourth-order valence-electron chi connectivity index (χ4n) is 3.95. The van der Waals surface area contributed by atoms with Crippen LogP contribution in [-0.2, 0) is 29.9 Å². The number of nitrogens with zero attached hydrogens (tertiary/aromatic N) is 2. The Labute approximate surface area is 192 Å². The van der Waals surface area contributed by atoms with Gasteiger partial charge in [0, 0.05) is 21.1 Å². The summed E-state index contributed by atoms with van der Waals surface area (Å²) in [6.07, 6.45) is 3.02. The summed E-state index contributed by atoms with van der Waals surface area (Å²) in [5, 5.41) is 4.67. The van der Waals surface area contributed by atoms with Gasteiger partial charge in [0.05, 0.1) is 16.6 Å². The number of ether oxygens (including phenoxy) is 1. The lowest BCUT2D eigenvalue weighted by molar-refractivity contribution is 0.0458. The highest BCUT2D eigenvalue weighted by molar-refractivity contribution is 7.98. The second-order valence-electron chi connectivity index (χ2n) is 7.71. The van der Waals surface area contributed by atoms with E-state index in [1.54, 1.807) is 23.5 Å². The van der Waals surface area contributed by atoms with Crippen LogP contribution in [0.1, 0.15) is 50.1 Å². The number of fused-ring (bicyclic) bond motifs is 3. The van der Waals surface area contributed by atoms with Crippen molar-refractivity contribution in [3.8, 4) is 0 Å². The number of thioether (sulfide) groups is 1. The van der Waals surface area contributed by atoms with E-state index in [1.165, 1.54) is 16.6 Å². The van der Waals surface area contributed by atoms with Gasteiger partial charge in [-0.05, 0) is 50.8 Å². The third-order valence-corrected chi connectivity index (χ3v) is 7.91. The SMILES string of the molecule is Cc1noc(C)c1CSc1ccccc1C(=O)OCc1nc2sc3c(c2c(=O)[nH]1)CCC3. The van der Waals surface area contributed by atoms with Crippen molar-refractivity contribution in [2.75, 3.05) is 0 Å². The van der Waals surface area contributed by atoms with Gasteiger partial charge in [-0.25, -0.2) is 9.78 Å². The monoisotopic (exact) mass is 467 g/mol. The number of benzene rings is 1. The highest BCUT2D eigenvalue weighted by atomic mass is 32.2. The lowest BCUT2D eigenvalue weighted by Crippen LogP contribution is -2.14. The number of rotatable bonds is 6. The molecule has 3 heterocycles. The zero-order chi connectivity index (χ0) is 22.2. The second-order valence-corrected chi connectivity index (χ2v) is 9.81. The van der Waals surface area contributed by atoms with Crippen molar-refractivity contribution in [2.45, 2.75) is 50.4 Å². The Bertz CT molecular complexity index is 1370. The molecule has 9 heteroatoms. The van der Waals surface area contributed by atoms with E-state index in [9.17, 15) is 9.59 Å². The van der Waals surface area contributed by atoms with Gasteiger partial charge in [-0.3, -0.25) is 4.79 Å². The molecule has 0 unspecified atom stereocenters. The van der Waals surface area contributed by atoms with Gasteiger partial charge in [0.1, 0.15) is 23.0 Å². The molecule has 3 aromatic heterocycles. The molecule has 4 aromatic rings. The predicted molar refractivity (Wildman–Crippen MR) is 123 cm³/mol. The van der Waals surface area contributed by atoms with Gasteiger partial charge >= 0.3 is 5.97 Å². The number of nitrogens with one attached hydrogen (secondary N) is 1. The Morgan fingerprint density at radius 3 is 2.94 bits per heavy atom. The Morgan fingerprint density at radius 1 is 1.28 bits per heavy atom. The van der Waals surface area contributed by atoms with Gasteiger partial charge < -0.3 is 14.2 Å². The van der Waals surface area contributed by atoms with E-state index in [0.717, 1.165) is 51.6 Å². The van der Waals surface area contributed by atoms with Crippen LogP contribution in [0.5, 0.6) is 0 Å². The summed E-state index contributed by atoms with van der Waals surface area (Å²) in [6.45, 7) is 3.69. The lowest BCUT2D eigenvalue weighted by Gasteiger charge is -2.09. The number of thiophene rings is 1. The molecule has 1 aromatic carbocycles. The van der Waals surface area contributed by atoms with Crippen LogP contribution in [0, 0.1) is 13.8 Å². The number of aryl methyl sites for hydroxylation is 4. The average Bonchev–Trinajstić information content (AvgIpc) is 3.45. The molecule has 0 atom stereocenters. The zero-order valence-corrected chi connectivity index (χ0v) is 19.3. The first-order chi connectivity index (χ1) is 15.5. The molecular weight excluding hydrogens is 446 g/mol. The predicted octanol–water partition coefficient (Wildman–Crippen LogP) is 4.73. The molecule has 0 radical (unpaired) electrons. The van der Waals surface area contributed by atoms with Crippen molar-refractivity contribution in [3.63, 3.8) is 0 Å². The Kier molecular flexibility index (Phi) is 5.60. The largest absolute Gasteiger partial charge is 0.454 e. The summed E-state index contributed by atoms with van der Waals surface area (Å²) >= 11 is 3.10. The van der Waals surface area contributed by atoms with Crippen molar-refractivity contribution < 1.29 is 14.1 Å². The summed E-state index contributed by atoms with van der Waals surface area (Å²) in [7, 11) is 0. The average molecular weight is 468 g/mol. The summed E-state index contributed by atoms with van der Waals surface area (Å²) in [6, 6.07) is 7.31. The van der Waals surface area contributed by atoms with Crippen molar-refractivity contribution in [3.05, 3.63) is 73.5 Å². The molecule has 0 saturated heterocycles. The molecule has 0 spiro atoms. The first kappa shape index (κ1) is 21.0. The molecule has 1 aliphatic carbocycles.